The number of nitrogens with two attached hydrogens (primary N) is 1. The van der Waals surface area contributed by atoms with E-state index < -0.39 is 5.97 Å². The number of benzene rings is 2. The lowest BCUT2D eigenvalue weighted by atomic mass is 10.0. The maximum absolute atomic E-state index is 12.2. The van der Waals surface area contributed by atoms with E-state index in [1.807, 2.05) is 24.3 Å². The molecule has 0 aromatic heterocycles. The molecular formula is C25H35NO2. The molecule has 0 radical (unpaired) electrons. The average molecular weight is 382 g/mol. The summed E-state index contributed by atoms with van der Waals surface area (Å²) < 4.78 is 5.42. The van der Waals surface area contributed by atoms with E-state index in [0.717, 1.165) is 6.42 Å². The van der Waals surface area contributed by atoms with Crippen LogP contribution in [0, 0.1) is 0 Å². The molecule has 0 aliphatic rings. The molecule has 2 aromatic carbocycles. The van der Waals surface area contributed by atoms with Crippen LogP contribution in [0.1, 0.15) is 87.1 Å². The second kappa shape index (κ2) is 13.0. The molecule has 2 N–H and O–H groups in total. The van der Waals surface area contributed by atoms with Gasteiger partial charge < -0.3 is 10.5 Å². The van der Waals surface area contributed by atoms with Gasteiger partial charge in [0.2, 0.25) is 0 Å². The van der Waals surface area contributed by atoms with Crippen molar-refractivity contribution in [3.63, 3.8) is 0 Å². The predicted octanol–water partition coefficient (Wildman–Crippen LogP) is 6.95. The van der Waals surface area contributed by atoms with Gasteiger partial charge in [-0.25, -0.2) is 4.79 Å². The molecule has 0 amide bonds. The summed E-state index contributed by atoms with van der Waals surface area (Å²) in [7, 11) is 0. The minimum Gasteiger partial charge on any atom is -0.423 e. The van der Waals surface area contributed by atoms with Gasteiger partial charge in [-0.05, 0) is 42.7 Å². The van der Waals surface area contributed by atoms with Crippen molar-refractivity contribution in [2.45, 2.75) is 77.6 Å². The molecule has 0 bridgehead atoms. The Balaban J connectivity index is 1.61. The maximum Gasteiger partial charge on any atom is 0.345 e. The van der Waals surface area contributed by atoms with E-state index >= 15 is 0 Å². The van der Waals surface area contributed by atoms with Gasteiger partial charge in [-0.2, -0.15) is 0 Å². The van der Waals surface area contributed by atoms with Crippen molar-refractivity contribution in [2.75, 3.05) is 5.73 Å². The van der Waals surface area contributed by atoms with Crippen molar-refractivity contribution in [2.24, 2.45) is 0 Å². The molecule has 152 valence electrons. The van der Waals surface area contributed by atoms with Crippen molar-refractivity contribution in [3.05, 3.63) is 59.7 Å². The van der Waals surface area contributed by atoms with E-state index in [9.17, 15) is 4.79 Å². The molecule has 0 fully saturated rings. The summed E-state index contributed by atoms with van der Waals surface area (Å²) in [5.74, 6) is 0.139. The van der Waals surface area contributed by atoms with E-state index in [1.165, 1.54) is 69.8 Å². The number of para-hydroxylation sites is 1. The fourth-order valence-corrected chi connectivity index (χ4v) is 3.39. The smallest absolute Gasteiger partial charge is 0.345 e. The number of carbonyl (C=O) groups is 1. The lowest BCUT2D eigenvalue weighted by Crippen LogP contribution is -2.10. The van der Waals surface area contributed by atoms with Crippen LogP contribution in [0.15, 0.2) is 48.5 Å². The van der Waals surface area contributed by atoms with Gasteiger partial charge in [-0.15, -0.1) is 0 Å². The zero-order chi connectivity index (χ0) is 20.0. The van der Waals surface area contributed by atoms with Crippen molar-refractivity contribution in [1.82, 2.24) is 0 Å². The van der Waals surface area contributed by atoms with Crippen LogP contribution in [0.25, 0.3) is 0 Å². The second-order valence-electron chi connectivity index (χ2n) is 7.55. The summed E-state index contributed by atoms with van der Waals surface area (Å²) in [6.45, 7) is 2.26. The molecule has 0 aliphatic carbocycles. The van der Waals surface area contributed by atoms with Gasteiger partial charge >= 0.3 is 5.97 Å². The van der Waals surface area contributed by atoms with E-state index in [4.69, 9.17) is 10.5 Å². The van der Waals surface area contributed by atoms with Crippen molar-refractivity contribution in [3.8, 4) is 5.75 Å². The van der Waals surface area contributed by atoms with Gasteiger partial charge in [0.1, 0.15) is 5.75 Å². The molecule has 0 unspecified atom stereocenters. The van der Waals surface area contributed by atoms with Crippen LogP contribution in [0.2, 0.25) is 0 Å². The van der Waals surface area contributed by atoms with Crippen LogP contribution < -0.4 is 10.5 Å². The number of unbranched alkanes of at least 4 members (excludes halogenated alkanes) is 9. The van der Waals surface area contributed by atoms with Crippen LogP contribution in [-0.2, 0) is 6.42 Å². The summed E-state index contributed by atoms with van der Waals surface area (Å²) in [5.41, 5.74) is 7.95. The number of rotatable bonds is 13. The first-order chi connectivity index (χ1) is 13.7. The minimum atomic E-state index is -0.416. The highest BCUT2D eigenvalue weighted by Gasteiger charge is 2.11. The standard InChI is InChI=1S/C25H35NO2/c1-2-3-4-5-6-7-8-9-10-11-14-21-17-19-22(20-18-21)28-25(27)23-15-12-13-16-24(23)26/h12-13,15-20H,2-11,14,26H2,1H3. The van der Waals surface area contributed by atoms with E-state index in [-0.39, 0.29) is 0 Å². The number of nitrogen functional groups attached to an aromatic ring is 1. The summed E-state index contributed by atoms with van der Waals surface area (Å²) in [6.07, 6.45) is 14.6. The summed E-state index contributed by atoms with van der Waals surface area (Å²) >= 11 is 0. The molecule has 0 aliphatic heterocycles. The maximum atomic E-state index is 12.2. The number of ether oxygens (including phenoxy) is 1. The monoisotopic (exact) mass is 381 g/mol. The van der Waals surface area contributed by atoms with Crippen LogP contribution >= 0.6 is 0 Å². The molecule has 0 heterocycles. The Bertz CT molecular complexity index is 694. The van der Waals surface area contributed by atoms with E-state index in [2.05, 4.69) is 6.92 Å². The predicted molar refractivity (Wildman–Crippen MR) is 118 cm³/mol. The first-order valence-electron chi connectivity index (χ1n) is 10.9. The molecule has 0 spiro atoms. The van der Waals surface area contributed by atoms with Crippen molar-refractivity contribution in [1.29, 1.82) is 0 Å². The Kier molecular flexibility index (Phi) is 10.2. The third kappa shape index (κ3) is 8.16. The van der Waals surface area contributed by atoms with Crippen LogP contribution in [0.3, 0.4) is 0 Å². The molecule has 28 heavy (non-hydrogen) atoms. The molecule has 3 nitrogen and oxygen atoms in total. The number of hydrogen-bond donors (Lipinski definition) is 1. The normalized spacial score (nSPS) is 10.8. The first-order valence-corrected chi connectivity index (χ1v) is 10.9. The highest BCUT2D eigenvalue weighted by molar-refractivity contribution is 5.96. The molecule has 0 saturated heterocycles. The van der Waals surface area contributed by atoms with Crippen molar-refractivity contribution >= 4 is 11.7 Å². The highest BCUT2D eigenvalue weighted by Crippen LogP contribution is 2.18. The molecule has 0 saturated carbocycles. The Morgan fingerprint density at radius 2 is 1.36 bits per heavy atom. The van der Waals surface area contributed by atoms with Gasteiger partial charge in [0, 0.05) is 5.69 Å². The number of aryl methyl sites for hydroxylation is 1. The zero-order valence-corrected chi connectivity index (χ0v) is 17.3. The van der Waals surface area contributed by atoms with Gasteiger partial charge in [0.05, 0.1) is 5.56 Å². The van der Waals surface area contributed by atoms with E-state index in [0.29, 0.717) is 17.0 Å². The average Bonchev–Trinajstić information content (AvgIpc) is 2.71. The number of hydrogen-bond acceptors (Lipinski definition) is 3. The fourth-order valence-electron chi connectivity index (χ4n) is 3.39. The van der Waals surface area contributed by atoms with Crippen LogP contribution in [0.4, 0.5) is 5.69 Å². The number of carbonyl (C=O) groups excluding carboxylic acids is 1. The Labute approximate surface area is 170 Å². The van der Waals surface area contributed by atoms with Gasteiger partial charge in [-0.1, -0.05) is 89.0 Å². The summed E-state index contributed by atoms with van der Waals surface area (Å²) in [6, 6.07) is 14.8. The van der Waals surface area contributed by atoms with E-state index in [1.54, 1.807) is 24.3 Å². The van der Waals surface area contributed by atoms with Gasteiger partial charge in [0.25, 0.3) is 0 Å². The van der Waals surface area contributed by atoms with Crippen LogP contribution in [-0.4, -0.2) is 5.97 Å². The molecule has 2 aromatic rings. The molecule has 2 rings (SSSR count). The summed E-state index contributed by atoms with van der Waals surface area (Å²) in [5, 5.41) is 0. The Morgan fingerprint density at radius 3 is 1.96 bits per heavy atom. The third-order valence-corrected chi connectivity index (χ3v) is 5.13. The highest BCUT2D eigenvalue weighted by atomic mass is 16.5. The largest absolute Gasteiger partial charge is 0.423 e. The zero-order valence-electron chi connectivity index (χ0n) is 17.3. The second-order valence-corrected chi connectivity index (χ2v) is 7.55. The lowest BCUT2D eigenvalue weighted by molar-refractivity contribution is 0.0736. The van der Waals surface area contributed by atoms with Crippen LogP contribution in [0.5, 0.6) is 5.75 Å². The third-order valence-electron chi connectivity index (χ3n) is 5.13. The Morgan fingerprint density at radius 1 is 0.786 bits per heavy atom. The first kappa shape index (κ1) is 22.0. The molecular weight excluding hydrogens is 346 g/mol. The number of anilines is 1. The summed E-state index contributed by atoms with van der Waals surface area (Å²) in [4.78, 5) is 12.2. The molecule has 0 atom stereocenters. The SMILES string of the molecule is CCCCCCCCCCCCc1ccc(OC(=O)c2ccccc2N)cc1. The van der Waals surface area contributed by atoms with Gasteiger partial charge in [0.15, 0.2) is 0 Å². The number of esters is 1. The topological polar surface area (TPSA) is 52.3 Å². The van der Waals surface area contributed by atoms with Gasteiger partial charge in [-0.3, -0.25) is 0 Å². The fraction of sp³-hybridized carbons (Fsp3) is 0.480. The molecule has 3 heteroatoms. The lowest BCUT2D eigenvalue weighted by Gasteiger charge is -2.07. The van der Waals surface area contributed by atoms with Crippen molar-refractivity contribution < 1.29 is 9.53 Å². The Hall–Kier alpha value is -2.29. The minimum absolute atomic E-state index is 0.400. The quantitative estimate of drug-likeness (QED) is 0.177.